The van der Waals surface area contributed by atoms with Gasteiger partial charge in [-0.05, 0) is 64.7 Å². The fourth-order valence-corrected chi connectivity index (χ4v) is 4.84. The summed E-state index contributed by atoms with van der Waals surface area (Å²) in [4.78, 5) is 40.4. The van der Waals surface area contributed by atoms with E-state index in [-0.39, 0.29) is 17.4 Å². The number of hydrogen-bond acceptors (Lipinski definition) is 4. The lowest BCUT2D eigenvalue weighted by atomic mass is 10.0. The Labute approximate surface area is 181 Å². The average Bonchev–Trinajstić information content (AvgIpc) is 3.42. The summed E-state index contributed by atoms with van der Waals surface area (Å²) in [5.41, 5.74) is 2.96. The molecule has 6 nitrogen and oxygen atoms in total. The number of anilines is 1. The van der Waals surface area contributed by atoms with Gasteiger partial charge in [-0.1, -0.05) is 12.1 Å². The molecule has 1 fully saturated rings. The second kappa shape index (κ2) is 7.63. The Bertz CT molecular complexity index is 1190. The van der Waals surface area contributed by atoms with Crippen molar-refractivity contribution >= 4 is 34.7 Å². The van der Waals surface area contributed by atoms with Crippen LogP contribution in [0.3, 0.4) is 0 Å². The Morgan fingerprint density at radius 2 is 2.00 bits per heavy atom. The molecule has 3 aromatic rings. The number of benzene rings is 2. The molecule has 2 aliphatic rings. The van der Waals surface area contributed by atoms with Crippen molar-refractivity contribution in [3.05, 3.63) is 76.2 Å². The third-order valence-corrected chi connectivity index (χ3v) is 6.38. The number of rotatable bonds is 3. The molecule has 156 valence electrons. The van der Waals surface area contributed by atoms with Crippen molar-refractivity contribution in [2.45, 2.75) is 18.5 Å². The number of nitrogens with zero attached hydrogens (tertiary/aromatic N) is 1. The van der Waals surface area contributed by atoms with Crippen LogP contribution in [0, 0.1) is 5.82 Å². The van der Waals surface area contributed by atoms with Gasteiger partial charge in [-0.3, -0.25) is 14.4 Å². The minimum Gasteiger partial charge on any atom is -0.347 e. The maximum absolute atomic E-state index is 13.5. The number of thiophene rings is 1. The molecule has 0 spiro atoms. The van der Waals surface area contributed by atoms with Crippen LogP contribution in [0.5, 0.6) is 0 Å². The van der Waals surface area contributed by atoms with Crippen molar-refractivity contribution in [3.63, 3.8) is 0 Å². The SMILES string of the molecule is O=C(NC1CCN2C(=O)c3cc(-c4ccsc4)ccc3NC(=O)C12)c1cccc(F)c1. The number of carbonyl (C=O) groups is 3. The van der Waals surface area contributed by atoms with Crippen LogP contribution in [-0.4, -0.2) is 41.2 Å². The van der Waals surface area contributed by atoms with E-state index in [1.54, 1.807) is 23.5 Å². The molecule has 2 N–H and O–H groups in total. The van der Waals surface area contributed by atoms with Gasteiger partial charge < -0.3 is 15.5 Å². The fraction of sp³-hybridized carbons (Fsp3) is 0.174. The van der Waals surface area contributed by atoms with Crippen LogP contribution in [0.1, 0.15) is 27.1 Å². The van der Waals surface area contributed by atoms with E-state index in [1.807, 2.05) is 22.9 Å². The summed E-state index contributed by atoms with van der Waals surface area (Å²) in [5, 5.41) is 9.60. The van der Waals surface area contributed by atoms with E-state index < -0.39 is 23.8 Å². The molecular formula is C23H18FN3O3S. The van der Waals surface area contributed by atoms with Crippen LogP contribution in [-0.2, 0) is 4.79 Å². The zero-order valence-corrected chi connectivity index (χ0v) is 17.1. The summed E-state index contributed by atoms with van der Waals surface area (Å²) in [5.74, 6) is -1.59. The normalized spacial score (nSPS) is 20.0. The van der Waals surface area contributed by atoms with Crippen LogP contribution in [0.25, 0.3) is 11.1 Å². The van der Waals surface area contributed by atoms with Gasteiger partial charge in [0.2, 0.25) is 5.91 Å². The predicted molar refractivity (Wildman–Crippen MR) is 115 cm³/mol. The molecule has 0 aliphatic carbocycles. The second-order valence-corrected chi connectivity index (χ2v) is 8.36. The van der Waals surface area contributed by atoms with Crippen molar-refractivity contribution in [2.24, 2.45) is 0 Å². The van der Waals surface area contributed by atoms with Gasteiger partial charge in [-0.15, -0.1) is 0 Å². The summed E-state index contributed by atoms with van der Waals surface area (Å²) in [7, 11) is 0. The third-order valence-electron chi connectivity index (χ3n) is 5.69. The van der Waals surface area contributed by atoms with E-state index in [4.69, 9.17) is 0 Å². The molecule has 0 radical (unpaired) electrons. The maximum Gasteiger partial charge on any atom is 0.256 e. The summed E-state index contributed by atoms with van der Waals surface area (Å²) < 4.78 is 13.5. The van der Waals surface area contributed by atoms with Crippen molar-refractivity contribution in [3.8, 4) is 11.1 Å². The molecule has 3 heterocycles. The Hall–Kier alpha value is -3.52. The lowest BCUT2D eigenvalue weighted by Crippen LogP contribution is -2.51. The number of carbonyl (C=O) groups excluding carboxylic acids is 3. The molecule has 2 aromatic carbocycles. The first-order chi connectivity index (χ1) is 15.0. The zero-order chi connectivity index (χ0) is 21.5. The molecular weight excluding hydrogens is 417 g/mol. The molecule has 2 aliphatic heterocycles. The largest absolute Gasteiger partial charge is 0.347 e. The van der Waals surface area contributed by atoms with Crippen molar-refractivity contribution < 1.29 is 18.8 Å². The first-order valence-electron chi connectivity index (χ1n) is 9.86. The van der Waals surface area contributed by atoms with E-state index in [0.29, 0.717) is 24.2 Å². The quantitative estimate of drug-likeness (QED) is 0.661. The fourth-order valence-electron chi connectivity index (χ4n) is 4.18. The third kappa shape index (κ3) is 3.48. The van der Waals surface area contributed by atoms with Crippen LogP contribution in [0.15, 0.2) is 59.3 Å². The highest BCUT2D eigenvalue weighted by Gasteiger charge is 2.45. The molecule has 1 aromatic heterocycles. The average molecular weight is 435 g/mol. The molecule has 0 bridgehead atoms. The molecule has 1 saturated heterocycles. The molecule has 2 unspecified atom stereocenters. The second-order valence-electron chi connectivity index (χ2n) is 7.58. The zero-order valence-electron chi connectivity index (χ0n) is 16.3. The highest BCUT2D eigenvalue weighted by Crippen LogP contribution is 2.33. The molecule has 5 rings (SSSR count). The standard InChI is InChI=1S/C23H18FN3O3S/c24-16-3-1-2-14(10-16)21(28)26-19-6-8-27-20(19)22(29)25-18-5-4-13(11-17(18)23(27)30)15-7-9-31-12-15/h1-5,7,9-12,19-20H,6,8H2,(H,25,29)(H,26,28). The summed E-state index contributed by atoms with van der Waals surface area (Å²) >= 11 is 1.57. The number of nitrogens with one attached hydrogen (secondary N) is 2. The van der Waals surface area contributed by atoms with Crippen LogP contribution >= 0.6 is 11.3 Å². The Kier molecular flexibility index (Phi) is 4.78. The van der Waals surface area contributed by atoms with Gasteiger partial charge in [0.05, 0.1) is 17.3 Å². The lowest BCUT2D eigenvalue weighted by Gasteiger charge is -2.25. The summed E-state index contributed by atoms with van der Waals surface area (Å²) in [6.07, 6.45) is 0.435. The van der Waals surface area contributed by atoms with Crippen LogP contribution in [0.4, 0.5) is 10.1 Å². The molecule has 3 amide bonds. The highest BCUT2D eigenvalue weighted by atomic mass is 32.1. The molecule has 2 atom stereocenters. The topological polar surface area (TPSA) is 78.5 Å². The van der Waals surface area contributed by atoms with Gasteiger partial charge in [0.25, 0.3) is 11.8 Å². The summed E-state index contributed by atoms with van der Waals surface area (Å²) in [6.45, 7) is 0.340. The van der Waals surface area contributed by atoms with Gasteiger partial charge >= 0.3 is 0 Å². The number of hydrogen-bond donors (Lipinski definition) is 2. The Morgan fingerprint density at radius 1 is 1.13 bits per heavy atom. The van der Waals surface area contributed by atoms with Crippen molar-refractivity contribution in [1.82, 2.24) is 10.2 Å². The first-order valence-corrected chi connectivity index (χ1v) is 10.8. The predicted octanol–water partition coefficient (Wildman–Crippen LogP) is 3.52. The Morgan fingerprint density at radius 3 is 2.77 bits per heavy atom. The van der Waals surface area contributed by atoms with E-state index >= 15 is 0 Å². The van der Waals surface area contributed by atoms with Gasteiger partial charge in [-0.2, -0.15) is 11.3 Å². The van der Waals surface area contributed by atoms with Gasteiger partial charge in [0.15, 0.2) is 0 Å². The van der Waals surface area contributed by atoms with Crippen molar-refractivity contribution in [2.75, 3.05) is 11.9 Å². The van der Waals surface area contributed by atoms with Gasteiger partial charge in [-0.25, -0.2) is 4.39 Å². The lowest BCUT2D eigenvalue weighted by molar-refractivity contribution is -0.120. The number of amides is 3. The van der Waals surface area contributed by atoms with E-state index in [0.717, 1.165) is 17.2 Å². The summed E-state index contributed by atoms with van der Waals surface area (Å²) in [6, 6.07) is 11.3. The van der Waals surface area contributed by atoms with E-state index in [1.165, 1.54) is 23.1 Å². The number of halogens is 1. The van der Waals surface area contributed by atoms with Gasteiger partial charge in [0, 0.05) is 12.1 Å². The first kappa shape index (κ1) is 19.4. The molecule has 0 saturated carbocycles. The van der Waals surface area contributed by atoms with E-state index in [2.05, 4.69) is 10.6 Å². The van der Waals surface area contributed by atoms with Crippen LogP contribution in [0.2, 0.25) is 0 Å². The monoisotopic (exact) mass is 435 g/mol. The smallest absolute Gasteiger partial charge is 0.256 e. The number of fused-ring (bicyclic) bond motifs is 2. The minimum absolute atomic E-state index is 0.169. The van der Waals surface area contributed by atoms with Crippen LogP contribution < -0.4 is 10.6 Å². The Balaban J connectivity index is 1.42. The van der Waals surface area contributed by atoms with Crippen molar-refractivity contribution in [1.29, 1.82) is 0 Å². The van der Waals surface area contributed by atoms with Gasteiger partial charge in [0.1, 0.15) is 11.9 Å². The maximum atomic E-state index is 13.5. The minimum atomic E-state index is -0.831. The highest BCUT2D eigenvalue weighted by molar-refractivity contribution is 7.08. The van der Waals surface area contributed by atoms with E-state index in [9.17, 15) is 18.8 Å². The molecule has 31 heavy (non-hydrogen) atoms. The molecule has 8 heteroatoms.